The molecule has 5 nitrogen and oxygen atoms in total. The predicted molar refractivity (Wildman–Crippen MR) is 35.9 cm³/mol. The monoisotopic (exact) mass is 127 g/mol. The summed E-state index contributed by atoms with van der Waals surface area (Å²) in [5, 5.41) is 3.75. The molecule has 0 aliphatic carbocycles. The molecule has 0 unspecified atom stereocenters. The average molecular weight is 127 g/mol. The summed E-state index contributed by atoms with van der Waals surface area (Å²) in [5.74, 6) is 5.55. The zero-order valence-corrected chi connectivity index (χ0v) is 5.13. The fraction of sp³-hybridized carbons (Fsp3) is 0.250. The average Bonchev–Trinajstić information content (AvgIpc) is 1.98. The van der Waals surface area contributed by atoms with E-state index in [0.29, 0.717) is 17.2 Å². The van der Waals surface area contributed by atoms with Gasteiger partial charge in [0.2, 0.25) is 0 Å². The molecule has 0 saturated heterocycles. The number of rotatable bonds is 0. The van der Waals surface area contributed by atoms with Crippen molar-refractivity contribution < 1.29 is 0 Å². The van der Waals surface area contributed by atoms with Crippen LogP contribution >= 0.6 is 0 Å². The minimum Gasteiger partial charge on any atom is -0.394 e. The summed E-state index contributed by atoms with van der Waals surface area (Å²) in [7, 11) is 0. The molecule has 0 aliphatic heterocycles. The number of anilines is 2. The van der Waals surface area contributed by atoms with Gasteiger partial charge in [-0.1, -0.05) is 0 Å². The number of nitrogens with two attached hydrogens (primary N) is 3. The third-order valence-electron chi connectivity index (χ3n) is 1.17. The third kappa shape index (κ3) is 0.658. The van der Waals surface area contributed by atoms with E-state index in [1.54, 1.807) is 6.92 Å². The van der Waals surface area contributed by atoms with Gasteiger partial charge >= 0.3 is 0 Å². The van der Waals surface area contributed by atoms with Crippen molar-refractivity contribution in [2.24, 2.45) is 0 Å². The first-order valence-corrected chi connectivity index (χ1v) is 2.48. The molecule has 0 spiro atoms. The molecule has 1 aromatic rings. The molecular weight excluding hydrogens is 118 g/mol. The van der Waals surface area contributed by atoms with Gasteiger partial charge in [-0.2, -0.15) is 9.89 Å². The van der Waals surface area contributed by atoms with Crippen LogP contribution in [0.4, 0.5) is 11.5 Å². The van der Waals surface area contributed by atoms with E-state index in [1.165, 1.54) is 0 Å². The number of nitrogens with zero attached hydrogens (tertiary/aromatic N) is 2. The Morgan fingerprint density at radius 3 is 2.11 bits per heavy atom. The van der Waals surface area contributed by atoms with E-state index in [1.807, 2.05) is 0 Å². The van der Waals surface area contributed by atoms with Crippen molar-refractivity contribution in [1.29, 1.82) is 0 Å². The number of nitrogen functional groups attached to an aromatic ring is 3. The molecule has 0 aliphatic rings. The Kier molecular flexibility index (Phi) is 0.985. The Morgan fingerprint density at radius 1 is 1.44 bits per heavy atom. The molecule has 0 atom stereocenters. The van der Waals surface area contributed by atoms with Crippen LogP contribution in [0.25, 0.3) is 0 Å². The van der Waals surface area contributed by atoms with Gasteiger partial charge in [-0.3, -0.25) is 0 Å². The number of aryl methyl sites for hydroxylation is 1. The highest BCUT2D eigenvalue weighted by Gasteiger charge is 2.04. The second-order valence-corrected chi connectivity index (χ2v) is 1.83. The maximum absolute atomic E-state index is 5.41. The van der Waals surface area contributed by atoms with Crippen molar-refractivity contribution in [3.05, 3.63) is 5.69 Å². The van der Waals surface area contributed by atoms with Gasteiger partial charge in [0.25, 0.3) is 0 Å². The van der Waals surface area contributed by atoms with E-state index in [2.05, 4.69) is 5.10 Å². The van der Waals surface area contributed by atoms with E-state index in [-0.39, 0.29) is 0 Å². The molecule has 6 N–H and O–H groups in total. The second-order valence-electron chi connectivity index (χ2n) is 1.83. The first-order valence-electron chi connectivity index (χ1n) is 2.48. The number of aromatic nitrogens is 2. The zero-order valence-electron chi connectivity index (χ0n) is 5.13. The van der Waals surface area contributed by atoms with Crippen molar-refractivity contribution in [2.75, 3.05) is 17.3 Å². The number of hydrogen-bond acceptors (Lipinski definition) is 4. The topological polar surface area (TPSA) is 95.9 Å². The lowest BCUT2D eigenvalue weighted by molar-refractivity contribution is 0.827. The Labute approximate surface area is 52.4 Å². The highest BCUT2D eigenvalue weighted by atomic mass is 15.5. The zero-order chi connectivity index (χ0) is 7.02. The largest absolute Gasteiger partial charge is 0.394 e. The Hall–Kier alpha value is -1.39. The van der Waals surface area contributed by atoms with Gasteiger partial charge < -0.3 is 17.3 Å². The van der Waals surface area contributed by atoms with Gasteiger partial charge in [-0.05, 0) is 6.92 Å². The van der Waals surface area contributed by atoms with E-state index in [4.69, 9.17) is 17.3 Å². The molecule has 0 fully saturated rings. The Morgan fingerprint density at radius 2 is 2.00 bits per heavy atom. The number of hydrogen-bond donors (Lipinski definition) is 3. The van der Waals surface area contributed by atoms with Gasteiger partial charge in [-0.25, -0.2) is 0 Å². The second kappa shape index (κ2) is 1.54. The van der Waals surface area contributed by atoms with Crippen LogP contribution in [-0.4, -0.2) is 9.89 Å². The summed E-state index contributed by atoms with van der Waals surface area (Å²) in [5.41, 5.74) is 11.9. The van der Waals surface area contributed by atoms with E-state index in [0.717, 1.165) is 4.79 Å². The summed E-state index contributed by atoms with van der Waals surface area (Å²) in [4.78, 5) is 1.06. The van der Waals surface area contributed by atoms with Crippen molar-refractivity contribution >= 4 is 11.5 Å². The minimum atomic E-state index is 0.313. The summed E-state index contributed by atoms with van der Waals surface area (Å²) in [6, 6.07) is 0. The molecule has 5 heteroatoms. The van der Waals surface area contributed by atoms with Crippen molar-refractivity contribution in [1.82, 2.24) is 9.89 Å². The van der Waals surface area contributed by atoms with Crippen LogP contribution in [0.5, 0.6) is 0 Å². The molecule has 0 amide bonds. The van der Waals surface area contributed by atoms with Crippen molar-refractivity contribution in [3.8, 4) is 0 Å². The van der Waals surface area contributed by atoms with Gasteiger partial charge in [-0.15, -0.1) is 0 Å². The van der Waals surface area contributed by atoms with Crippen LogP contribution in [0.2, 0.25) is 0 Å². The lowest BCUT2D eigenvalue weighted by atomic mass is 10.4. The molecule has 1 heterocycles. The van der Waals surface area contributed by atoms with Crippen LogP contribution in [-0.2, 0) is 0 Å². The quantitative estimate of drug-likeness (QED) is 0.392. The third-order valence-corrected chi connectivity index (χ3v) is 1.17. The molecule has 0 saturated carbocycles. The maximum Gasteiger partial charge on any atom is 0.168 e. The van der Waals surface area contributed by atoms with Gasteiger partial charge in [0, 0.05) is 0 Å². The molecule has 0 radical (unpaired) electrons. The molecular formula is C4H9N5. The summed E-state index contributed by atoms with van der Waals surface area (Å²) in [6.45, 7) is 1.75. The molecule has 9 heavy (non-hydrogen) atoms. The fourth-order valence-corrected chi connectivity index (χ4v) is 0.578. The van der Waals surface area contributed by atoms with Crippen LogP contribution in [0.15, 0.2) is 0 Å². The minimum absolute atomic E-state index is 0.313. The van der Waals surface area contributed by atoms with Crippen molar-refractivity contribution in [2.45, 2.75) is 6.92 Å². The van der Waals surface area contributed by atoms with Gasteiger partial charge in [0.05, 0.1) is 11.4 Å². The molecule has 0 aromatic carbocycles. The molecule has 0 bridgehead atoms. The van der Waals surface area contributed by atoms with Gasteiger partial charge in [0.15, 0.2) is 5.82 Å². The van der Waals surface area contributed by atoms with Crippen LogP contribution in [0.3, 0.4) is 0 Å². The Bertz CT molecular complexity index is 203. The predicted octanol–water partition coefficient (Wildman–Crippen LogP) is -0.930. The van der Waals surface area contributed by atoms with E-state index >= 15 is 0 Å². The Balaban J connectivity index is 3.29. The maximum atomic E-state index is 5.41. The molecule has 1 rings (SSSR count). The normalized spacial score (nSPS) is 9.89. The molecule has 1 aromatic heterocycles. The lowest BCUT2D eigenvalue weighted by Gasteiger charge is -1.91. The highest BCUT2D eigenvalue weighted by Crippen LogP contribution is 2.14. The van der Waals surface area contributed by atoms with E-state index in [9.17, 15) is 0 Å². The van der Waals surface area contributed by atoms with Crippen LogP contribution < -0.4 is 17.3 Å². The smallest absolute Gasteiger partial charge is 0.168 e. The lowest BCUT2D eigenvalue weighted by Crippen LogP contribution is -2.13. The summed E-state index contributed by atoms with van der Waals surface area (Å²) < 4.78 is 0. The summed E-state index contributed by atoms with van der Waals surface area (Å²) in [6.07, 6.45) is 0. The highest BCUT2D eigenvalue weighted by molar-refractivity contribution is 5.61. The van der Waals surface area contributed by atoms with Crippen LogP contribution in [0, 0.1) is 6.92 Å². The summed E-state index contributed by atoms with van der Waals surface area (Å²) >= 11 is 0. The SMILES string of the molecule is Cc1nn(N)c(N)c1N. The molecule has 50 valence electrons. The van der Waals surface area contributed by atoms with Crippen molar-refractivity contribution in [3.63, 3.8) is 0 Å². The van der Waals surface area contributed by atoms with Gasteiger partial charge in [0.1, 0.15) is 0 Å². The standard InChI is InChI=1S/C4H9N5/c1-2-3(5)4(6)9(7)8-2/h5-7H2,1H3. The first-order chi connectivity index (χ1) is 4.13. The van der Waals surface area contributed by atoms with Crippen LogP contribution in [0.1, 0.15) is 5.69 Å². The van der Waals surface area contributed by atoms with E-state index < -0.39 is 0 Å². The first kappa shape index (κ1) is 5.74. The fourth-order valence-electron chi connectivity index (χ4n) is 0.578.